The summed E-state index contributed by atoms with van der Waals surface area (Å²) in [6.45, 7) is 3.95. The van der Waals surface area contributed by atoms with Crippen LogP contribution in [-0.4, -0.2) is 9.97 Å². The first-order valence-corrected chi connectivity index (χ1v) is 3.67. The van der Waals surface area contributed by atoms with Crippen molar-refractivity contribution in [3.8, 4) is 6.07 Å². The molecule has 1 rings (SSSR count). The highest BCUT2D eigenvalue weighted by Crippen LogP contribution is 2.12. The number of nitrogens with zero attached hydrogens (tertiary/aromatic N) is 3. The highest BCUT2D eigenvalue weighted by Gasteiger charge is 2.05. The molecule has 4 heteroatoms. The fourth-order valence-corrected chi connectivity index (χ4v) is 0.774. The second-order valence-corrected chi connectivity index (χ2v) is 2.79. The number of hydrogen-bond acceptors (Lipinski definition) is 4. The Bertz CT molecular complexity index is 324. The van der Waals surface area contributed by atoms with Crippen LogP contribution in [0.1, 0.15) is 31.2 Å². The van der Waals surface area contributed by atoms with Gasteiger partial charge >= 0.3 is 0 Å². The van der Waals surface area contributed by atoms with E-state index in [1.54, 1.807) is 0 Å². The van der Waals surface area contributed by atoms with Crippen LogP contribution >= 0.6 is 0 Å². The quantitative estimate of drug-likeness (QED) is 0.669. The minimum Gasteiger partial charge on any atom is -0.382 e. The van der Waals surface area contributed by atoms with E-state index < -0.39 is 0 Å². The molecule has 0 aliphatic rings. The van der Waals surface area contributed by atoms with Crippen LogP contribution in [-0.2, 0) is 0 Å². The second kappa shape index (κ2) is 3.18. The number of rotatable bonds is 1. The monoisotopic (exact) mass is 162 g/mol. The van der Waals surface area contributed by atoms with Gasteiger partial charge in [0.05, 0.1) is 6.20 Å². The van der Waals surface area contributed by atoms with Crippen molar-refractivity contribution in [3.05, 3.63) is 17.6 Å². The van der Waals surface area contributed by atoms with Crippen molar-refractivity contribution < 1.29 is 0 Å². The standard InChI is InChI=1S/C8H10N4/c1-5(2)8-11-4-6(3-9)7(10)12-8/h4-5H,1-2H3,(H2,10,11,12). The number of anilines is 1. The van der Waals surface area contributed by atoms with Crippen LogP contribution in [0, 0.1) is 11.3 Å². The molecule has 0 fully saturated rings. The number of nitriles is 1. The molecule has 1 aromatic heterocycles. The van der Waals surface area contributed by atoms with Gasteiger partial charge in [-0.1, -0.05) is 13.8 Å². The van der Waals surface area contributed by atoms with Gasteiger partial charge in [-0.25, -0.2) is 9.97 Å². The minimum atomic E-state index is 0.236. The lowest BCUT2D eigenvalue weighted by Crippen LogP contribution is -2.03. The maximum atomic E-state index is 8.54. The third-order valence-corrected chi connectivity index (χ3v) is 1.47. The van der Waals surface area contributed by atoms with Crippen molar-refractivity contribution in [1.29, 1.82) is 5.26 Å². The first-order valence-electron chi connectivity index (χ1n) is 3.67. The fraction of sp³-hybridized carbons (Fsp3) is 0.375. The number of hydrogen-bond donors (Lipinski definition) is 1. The lowest BCUT2D eigenvalue weighted by molar-refractivity contribution is 0.775. The summed E-state index contributed by atoms with van der Waals surface area (Å²) < 4.78 is 0. The summed E-state index contributed by atoms with van der Waals surface area (Å²) in [6.07, 6.45) is 1.46. The Hall–Kier alpha value is -1.63. The van der Waals surface area contributed by atoms with E-state index in [0.717, 1.165) is 0 Å². The molecule has 0 aliphatic heterocycles. The first kappa shape index (κ1) is 8.47. The van der Waals surface area contributed by atoms with Crippen molar-refractivity contribution >= 4 is 5.82 Å². The molecule has 4 nitrogen and oxygen atoms in total. The van der Waals surface area contributed by atoms with Crippen LogP contribution in [0.5, 0.6) is 0 Å². The van der Waals surface area contributed by atoms with Gasteiger partial charge in [-0.3, -0.25) is 0 Å². The molecule has 62 valence electrons. The van der Waals surface area contributed by atoms with Crippen LogP contribution < -0.4 is 5.73 Å². The number of nitrogens with two attached hydrogens (primary N) is 1. The summed E-state index contributed by atoms with van der Waals surface area (Å²) >= 11 is 0. The molecule has 0 saturated heterocycles. The number of aromatic nitrogens is 2. The van der Waals surface area contributed by atoms with Gasteiger partial charge in [0, 0.05) is 5.92 Å². The molecule has 0 aliphatic carbocycles. The van der Waals surface area contributed by atoms with E-state index in [4.69, 9.17) is 11.0 Å². The predicted molar refractivity (Wildman–Crippen MR) is 45.2 cm³/mol. The van der Waals surface area contributed by atoms with Gasteiger partial charge in [-0.15, -0.1) is 0 Å². The first-order chi connectivity index (χ1) is 5.65. The van der Waals surface area contributed by atoms with Crippen molar-refractivity contribution in [3.63, 3.8) is 0 Å². The normalized spacial score (nSPS) is 9.83. The Morgan fingerprint density at radius 1 is 1.58 bits per heavy atom. The Morgan fingerprint density at radius 2 is 2.25 bits per heavy atom. The third-order valence-electron chi connectivity index (χ3n) is 1.47. The van der Waals surface area contributed by atoms with E-state index >= 15 is 0 Å². The molecule has 2 N–H and O–H groups in total. The Kier molecular flexibility index (Phi) is 2.24. The van der Waals surface area contributed by atoms with Crippen LogP contribution in [0.3, 0.4) is 0 Å². The summed E-state index contributed by atoms with van der Waals surface area (Å²) in [6, 6.07) is 1.91. The third kappa shape index (κ3) is 1.51. The van der Waals surface area contributed by atoms with E-state index in [1.165, 1.54) is 6.20 Å². The number of nitrogen functional groups attached to an aromatic ring is 1. The van der Waals surface area contributed by atoms with Gasteiger partial charge in [0.1, 0.15) is 23.3 Å². The summed E-state index contributed by atoms with van der Waals surface area (Å²) in [5.74, 6) is 1.17. The van der Waals surface area contributed by atoms with Gasteiger partial charge in [0.25, 0.3) is 0 Å². The molecular formula is C8H10N4. The van der Waals surface area contributed by atoms with Crippen molar-refractivity contribution in [2.75, 3.05) is 5.73 Å². The van der Waals surface area contributed by atoms with Gasteiger partial charge in [-0.05, 0) is 0 Å². The lowest BCUT2D eigenvalue weighted by atomic mass is 10.2. The van der Waals surface area contributed by atoms with Gasteiger partial charge in [0.15, 0.2) is 0 Å². The van der Waals surface area contributed by atoms with Crippen LogP contribution in [0.15, 0.2) is 6.20 Å². The summed E-state index contributed by atoms with van der Waals surface area (Å²) in [4.78, 5) is 7.98. The smallest absolute Gasteiger partial charge is 0.145 e. The van der Waals surface area contributed by atoms with E-state index in [2.05, 4.69) is 9.97 Å². The lowest BCUT2D eigenvalue weighted by Gasteiger charge is -2.03. The fourth-order valence-electron chi connectivity index (χ4n) is 0.774. The molecule has 0 unspecified atom stereocenters. The molecule has 0 atom stereocenters. The Morgan fingerprint density at radius 3 is 2.67 bits per heavy atom. The summed E-state index contributed by atoms with van der Waals surface area (Å²) in [7, 11) is 0. The topological polar surface area (TPSA) is 75.6 Å². The summed E-state index contributed by atoms with van der Waals surface area (Å²) in [5, 5.41) is 8.54. The van der Waals surface area contributed by atoms with E-state index in [9.17, 15) is 0 Å². The largest absolute Gasteiger partial charge is 0.382 e. The highest BCUT2D eigenvalue weighted by atomic mass is 14.9. The van der Waals surface area contributed by atoms with Crippen LogP contribution in [0.4, 0.5) is 5.82 Å². The van der Waals surface area contributed by atoms with E-state index in [-0.39, 0.29) is 11.7 Å². The molecule has 1 aromatic rings. The van der Waals surface area contributed by atoms with Crippen LogP contribution in [0.2, 0.25) is 0 Å². The average Bonchev–Trinajstić information content (AvgIpc) is 2.04. The average molecular weight is 162 g/mol. The molecule has 0 spiro atoms. The van der Waals surface area contributed by atoms with Gasteiger partial charge in [0.2, 0.25) is 0 Å². The zero-order valence-corrected chi connectivity index (χ0v) is 7.07. The predicted octanol–water partition coefficient (Wildman–Crippen LogP) is 1.05. The maximum Gasteiger partial charge on any atom is 0.145 e. The van der Waals surface area contributed by atoms with E-state index in [0.29, 0.717) is 11.4 Å². The van der Waals surface area contributed by atoms with Crippen molar-refractivity contribution in [2.24, 2.45) is 0 Å². The minimum absolute atomic E-state index is 0.236. The molecule has 1 heterocycles. The molecule has 0 radical (unpaired) electrons. The zero-order chi connectivity index (χ0) is 9.14. The van der Waals surface area contributed by atoms with E-state index in [1.807, 2.05) is 19.9 Å². The Balaban J connectivity index is 3.12. The molecule has 0 amide bonds. The molecular weight excluding hydrogens is 152 g/mol. The summed E-state index contributed by atoms with van der Waals surface area (Å²) in [5.41, 5.74) is 5.83. The van der Waals surface area contributed by atoms with Gasteiger partial charge < -0.3 is 5.73 Å². The Labute approximate surface area is 71.1 Å². The molecule has 12 heavy (non-hydrogen) atoms. The second-order valence-electron chi connectivity index (χ2n) is 2.79. The molecule has 0 saturated carbocycles. The van der Waals surface area contributed by atoms with Crippen LogP contribution in [0.25, 0.3) is 0 Å². The molecule has 0 aromatic carbocycles. The van der Waals surface area contributed by atoms with Crippen molar-refractivity contribution in [1.82, 2.24) is 9.97 Å². The highest BCUT2D eigenvalue weighted by molar-refractivity contribution is 5.46. The SMILES string of the molecule is CC(C)c1ncc(C#N)c(N)n1. The van der Waals surface area contributed by atoms with Gasteiger partial charge in [-0.2, -0.15) is 5.26 Å². The van der Waals surface area contributed by atoms with Crippen molar-refractivity contribution in [2.45, 2.75) is 19.8 Å². The zero-order valence-electron chi connectivity index (χ0n) is 7.07. The molecule has 0 bridgehead atoms. The maximum absolute atomic E-state index is 8.54.